The normalized spacial score (nSPS) is 11.6. The van der Waals surface area contributed by atoms with Crippen molar-refractivity contribution in [2.75, 3.05) is 6.54 Å². The fourth-order valence-corrected chi connectivity index (χ4v) is 3.80. The molecule has 1 aromatic carbocycles. The van der Waals surface area contributed by atoms with Crippen LogP contribution in [0.4, 0.5) is 0 Å². The number of nitrogens with one attached hydrogen (secondary N) is 1. The number of hydrogen-bond acceptors (Lipinski definition) is 6. The predicted octanol–water partition coefficient (Wildman–Crippen LogP) is 0.970. The predicted molar refractivity (Wildman–Crippen MR) is 111 cm³/mol. The molecule has 1 N–H and O–H groups in total. The van der Waals surface area contributed by atoms with Crippen molar-refractivity contribution in [1.82, 2.24) is 24.9 Å². The second-order valence-corrected chi connectivity index (χ2v) is 9.47. The summed E-state index contributed by atoms with van der Waals surface area (Å²) in [5, 5.41) is 10.6. The van der Waals surface area contributed by atoms with Crippen LogP contribution in [-0.2, 0) is 27.6 Å². The smallest absolute Gasteiger partial charge is 0.266 e. The van der Waals surface area contributed by atoms with Gasteiger partial charge in [0, 0.05) is 25.0 Å². The van der Waals surface area contributed by atoms with Gasteiger partial charge in [-0.05, 0) is 43.7 Å². The number of hydrogen-bond donors (Lipinski definition) is 1. The summed E-state index contributed by atoms with van der Waals surface area (Å²) >= 11 is 0. The topological polar surface area (TPSA) is 116 Å². The molecule has 9 nitrogen and oxygen atoms in total. The molecule has 3 aromatic rings. The summed E-state index contributed by atoms with van der Waals surface area (Å²) in [7, 11) is -3.34. The van der Waals surface area contributed by atoms with Gasteiger partial charge < -0.3 is 5.32 Å². The Kier molecular flexibility index (Phi) is 6.46. The van der Waals surface area contributed by atoms with Crippen molar-refractivity contribution in [3.8, 4) is 5.82 Å². The molecule has 0 fully saturated rings. The third kappa shape index (κ3) is 5.01. The van der Waals surface area contributed by atoms with E-state index in [1.165, 1.54) is 27.6 Å². The van der Waals surface area contributed by atoms with Gasteiger partial charge in [0.15, 0.2) is 15.7 Å². The first-order valence-electron chi connectivity index (χ1n) is 9.45. The summed E-state index contributed by atoms with van der Waals surface area (Å²) in [5.41, 5.74) is 0.424. The molecule has 0 atom stereocenters. The van der Waals surface area contributed by atoms with Gasteiger partial charge in [0.25, 0.3) is 5.56 Å². The highest BCUT2D eigenvalue weighted by Gasteiger charge is 2.18. The Morgan fingerprint density at radius 3 is 2.50 bits per heavy atom. The molecule has 0 bridgehead atoms. The van der Waals surface area contributed by atoms with E-state index in [1.807, 2.05) is 0 Å². The van der Waals surface area contributed by atoms with E-state index in [4.69, 9.17) is 0 Å². The zero-order chi connectivity index (χ0) is 21.7. The lowest BCUT2D eigenvalue weighted by atomic mass is 10.1. The van der Waals surface area contributed by atoms with Crippen LogP contribution in [0.2, 0.25) is 0 Å². The van der Waals surface area contributed by atoms with E-state index < -0.39 is 15.1 Å². The van der Waals surface area contributed by atoms with Crippen LogP contribution in [0.5, 0.6) is 0 Å². The van der Waals surface area contributed by atoms with Gasteiger partial charge in [-0.2, -0.15) is 5.10 Å². The third-order valence-electron chi connectivity index (χ3n) is 4.47. The number of benzene rings is 1. The van der Waals surface area contributed by atoms with E-state index in [1.54, 1.807) is 50.5 Å². The first kappa shape index (κ1) is 21.4. The molecule has 2 aromatic heterocycles. The van der Waals surface area contributed by atoms with Crippen molar-refractivity contribution in [1.29, 1.82) is 0 Å². The molecular formula is C20H23N5O4S. The van der Waals surface area contributed by atoms with E-state index in [0.29, 0.717) is 11.4 Å². The van der Waals surface area contributed by atoms with Crippen molar-refractivity contribution in [2.45, 2.75) is 37.0 Å². The summed E-state index contributed by atoms with van der Waals surface area (Å²) in [4.78, 5) is 24.4. The maximum Gasteiger partial charge on any atom is 0.266 e. The molecule has 0 aliphatic heterocycles. The van der Waals surface area contributed by atoms with Crippen LogP contribution in [0.3, 0.4) is 0 Å². The average Bonchev–Trinajstić information content (AvgIpc) is 3.24. The Balaban J connectivity index is 1.56. The van der Waals surface area contributed by atoms with Crippen LogP contribution < -0.4 is 10.9 Å². The number of sulfone groups is 1. The van der Waals surface area contributed by atoms with Crippen molar-refractivity contribution in [3.63, 3.8) is 0 Å². The fourth-order valence-electron chi connectivity index (χ4n) is 2.74. The summed E-state index contributed by atoms with van der Waals surface area (Å²) < 4.78 is 27.1. The van der Waals surface area contributed by atoms with Gasteiger partial charge in [0.05, 0.1) is 23.1 Å². The first-order chi connectivity index (χ1) is 14.3. The molecule has 30 heavy (non-hydrogen) atoms. The molecule has 2 heterocycles. The molecule has 0 radical (unpaired) electrons. The third-order valence-corrected chi connectivity index (χ3v) is 6.65. The Morgan fingerprint density at radius 1 is 1.13 bits per heavy atom. The zero-order valence-corrected chi connectivity index (χ0v) is 17.5. The minimum Gasteiger partial charge on any atom is -0.354 e. The van der Waals surface area contributed by atoms with Gasteiger partial charge in [-0.1, -0.05) is 12.1 Å². The zero-order valence-electron chi connectivity index (χ0n) is 16.7. The summed E-state index contributed by atoms with van der Waals surface area (Å²) in [6, 6.07) is 11.0. The van der Waals surface area contributed by atoms with Gasteiger partial charge >= 0.3 is 0 Å². The summed E-state index contributed by atoms with van der Waals surface area (Å²) in [6.07, 6.45) is 3.44. The quantitative estimate of drug-likeness (QED) is 0.570. The highest BCUT2D eigenvalue weighted by molar-refractivity contribution is 7.92. The molecular weight excluding hydrogens is 406 g/mol. The summed E-state index contributed by atoms with van der Waals surface area (Å²) in [6.45, 7) is 3.70. The Bertz CT molecular complexity index is 1170. The van der Waals surface area contributed by atoms with Crippen LogP contribution in [0, 0.1) is 0 Å². The molecule has 0 unspecified atom stereocenters. The van der Waals surface area contributed by atoms with Gasteiger partial charge in [-0.3, -0.25) is 9.59 Å². The molecule has 10 heteroatoms. The van der Waals surface area contributed by atoms with Crippen LogP contribution in [0.15, 0.2) is 64.5 Å². The molecule has 0 saturated heterocycles. The van der Waals surface area contributed by atoms with E-state index >= 15 is 0 Å². The maximum absolute atomic E-state index is 12.2. The molecule has 0 aliphatic carbocycles. The Morgan fingerprint density at radius 2 is 1.87 bits per heavy atom. The highest BCUT2D eigenvalue weighted by atomic mass is 32.2. The molecule has 158 valence electrons. The van der Waals surface area contributed by atoms with E-state index in [0.717, 1.165) is 0 Å². The van der Waals surface area contributed by atoms with Gasteiger partial charge in [0.2, 0.25) is 5.91 Å². The van der Waals surface area contributed by atoms with Crippen molar-refractivity contribution >= 4 is 15.7 Å². The van der Waals surface area contributed by atoms with Gasteiger partial charge in [-0.15, -0.1) is 5.10 Å². The van der Waals surface area contributed by atoms with Crippen molar-refractivity contribution in [3.05, 3.63) is 70.8 Å². The monoisotopic (exact) mass is 429 g/mol. The maximum atomic E-state index is 12.2. The summed E-state index contributed by atoms with van der Waals surface area (Å²) in [5.74, 6) is 0.271. The van der Waals surface area contributed by atoms with Crippen LogP contribution in [-0.4, -0.2) is 45.7 Å². The first-order valence-corrected chi connectivity index (χ1v) is 11.0. The van der Waals surface area contributed by atoms with E-state index in [2.05, 4.69) is 15.5 Å². The van der Waals surface area contributed by atoms with E-state index in [-0.39, 0.29) is 35.9 Å². The number of carbonyl (C=O) groups excluding carboxylic acids is 1. The minimum absolute atomic E-state index is 0.109. The lowest BCUT2D eigenvalue weighted by Crippen LogP contribution is -2.33. The SMILES string of the molecule is CC(C)S(=O)(=O)c1ccc(CC(=O)NCCn2nc(-n3cccn3)ccc2=O)cc1. The lowest BCUT2D eigenvalue weighted by molar-refractivity contribution is -0.120. The van der Waals surface area contributed by atoms with Crippen molar-refractivity contribution in [2.24, 2.45) is 0 Å². The number of aromatic nitrogens is 4. The fraction of sp³-hybridized carbons (Fsp3) is 0.300. The van der Waals surface area contributed by atoms with Crippen LogP contribution in [0.25, 0.3) is 5.82 Å². The standard InChI is InChI=1S/C20H23N5O4S/c1-15(2)30(28,29)17-6-4-16(5-7-17)14-19(26)21-11-13-25-20(27)9-8-18(23-25)24-12-3-10-22-24/h3-10,12,15H,11,13-14H2,1-2H3,(H,21,26). The molecule has 1 amide bonds. The lowest BCUT2D eigenvalue weighted by Gasteiger charge is -2.10. The van der Waals surface area contributed by atoms with Crippen LogP contribution >= 0.6 is 0 Å². The largest absolute Gasteiger partial charge is 0.354 e. The van der Waals surface area contributed by atoms with Gasteiger partial charge in [-0.25, -0.2) is 17.8 Å². The average molecular weight is 430 g/mol. The minimum atomic E-state index is -3.34. The van der Waals surface area contributed by atoms with Gasteiger partial charge in [0.1, 0.15) is 0 Å². The number of rotatable bonds is 8. The second-order valence-electron chi connectivity index (χ2n) is 6.97. The Labute approximate surface area is 174 Å². The second kappa shape index (κ2) is 9.04. The molecule has 3 rings (SSSR count). The molecule has 0 aliphatic rings. The highest BCUT2D eigenvalue weighted by Crippen LogP contribution is 2.16. The number of amides is 1. The Hall–Kier alpha value is -3.27. The van der Waals surface area contributed by atoms with Crippen molar-refractivity contribution < 1.29 is 13.2 Å². The van der Waals surface area contributed by atoms with E-state index in [9.17, 15) is 18.0 Å². The number of nitrogens with zero attached hydrogens (tertiary/aromatic N) is 4. The van der Waals surface area contributed by atoms with Crippen LogP contribution in [0.1, 0.15) is 19.4 Å². The molecule has 0 saturated carbocycles. The molecule has 0 spiro atoms. The number of carbonyl (C=O) groups is 1.